The molecule has 0 bridgehead atoms. The van der Waals surface area contributed by atoms with E-state index in [4.69, 9.17) is 4.74 Å². The molecule has 0 aromatic heterocycles. The molecule has 1 aromatic carbocycles. The monoisotopic (exact) mass is 304 g/mol. The minimum Gasteiger partial charge on any atom is -0.465 e. The van der Waals surface area contributed by atoms with Gasteiger partial charge >= 0.3 is 18.1 Å². The first-order chi connectivity index (χ1) is 9.59. The van der Waals surface area contributed by atoms with Crippen molar-refractivity contribution in [3.8, 4) is 5.75 Å². The van der Waals surface area contributed by atoms with Crippen LogP contribution in [0.1, 0.15) is 26.3 Å². The number of benzene rings is 1. The third-order valence-corrected chi connectivity index (χ3v) is 2.78. The maximum atomic E-state index is 12.1. The summed E-state index contributed by atoms with van der Waals surface area (Å²) in [6.45, 7) is 4.96. The lowest BCUT2D eigenvalue weighted by molar-refractivity contribution is -0.189. The van der Waals surface area contributed by atoms with Crippen LogP contribution in [0.25, 0.3) is 0 Å². The lowest BCUT2D eigenvalue weighted by Gasteiger charge is -2.23. The van der Waals surface area contributed by atoms with Crippen LogP contribution < -0.4 is 4.74 Å². The van der Waals surface area contributed by atoms with Gasteiger partial charge in [-0.25, -0.2) is 4.79 Å². The average Bonchev–Trinajstić information content (AvgIpc) is 2.38. The Balaban J connectivity index is 3.00. The summed E-state index contributed by atoms with van der Waals surface area (Å²) in [6, 6.07) is 5.35. The molecule has 116 valence electrons. The number of hydrogen-bond donors (Lipinski definition) is 0. The molecule has 0 fully saturated rings. The van der Waals surface area contributed by atoms with Crippen LogP contribution in [0.2, 0.25) is 0 Å². The van der Waals surface area contributed by atoms with Crippen LogP contribution in [-0.4, -0.2) is 24.7 Å². The highest BCUT2D eigenvalue weighted by Crippen LogP contribution is 2.29. The van der Waals surface area contributed by atoms with E-state index in [1.54, 1.807) is 26.8 Å². The van der Waals surface area contributed by atoms with E-state index in [2.05, 4.69) is 4.74 Å². The molecular formula is C14H15F3O4. The molecular weight excluding hydrogens is 289 g/mol. The molecule has 0 N–H and O–H groups in total. The Bertz CT molecular complexity index is 535. The highest BCUT2D eigenvalue weighted by molar-refractivity contribution is 5.82. The fourth-order valence-corrected chi connectivity index (χ4v) is 1.54. The van der Waals surface area contributed by atoms with Crippen LogP contribution in [0.4, 0.5) is 13.2 Å². The van der Waals surface area contributed by atoms with E-state index in [0.29, 0.717) is 5.56 Å². The third-order valence-electron chi connectivity index (χ3n) is 2.78. The normalized spacial score (nSPS) is 11.9. The molecule has 1 rings (SSSR count). The molecule has 21 heavy (non-hydrogen) atoms. The standard InChI is InChI=1S/C14H15F3O4/c1-4-20-11(18)13(2,3)9-6-5-7-10(8-9)21-12(19)14(15,16)17/h5-8H,4H2,1-3H3. The van der Waals surface area contributed by atoms with E-state index >= 15 is 0 Å². The smallest absolute Gasteiger partial charge is 0.465 e. The van der Waals surface area contributed by atoms with Gasteiger partial charge in [0, 0.05) is 0 Å². The van der Waals surface area contributed by atoms with Crippen molar-refractivity contribution < 1.29 is 32.2 Å². The largest absolute Gasteiger partial charge is 0.491 e. The minimum absolute atomic E-state index is 0.186. The number of halogens is 3. The van der Waals surface area contributed by atoms with E-state index < -0.39 is 23.5 Å². The van der Waals surface area contributed by atoms with Crippen molar-refractivity contribution in [1.29, 1.82) is 0 Å². The van der Waals surface area contributed by atoms with Gasteiger partial charge in [0.25, 0.3) is 0 Å². The van der Waals surface area contributed by atoms with Crippen LogP contribution >= 0.6 is 0 Å². The van der Waals surface area contributed by atoms with Crippen LogP contribution in [0.3, 0.4) is 0 Å². The van der Waals surface area contributed by atoms with Crippen molar-refractivity contribution in [2.24, 2.45) is 0 Å². The number of carbonyl (C=O) groups excluding carboxylic acids is 2. The Morgan fingerprint density at radius 1 is 1.14 bits per heavy atom. The molecule has 1 aromatic rings. The van der Waals surface area contributed by atoms with Crippen molar-refractivity contribution in [3.63, 3.8) is 0 Å². The first-order valence-corrected chi connectivity index (χ1v) is 6.15. The maximum absolute atomic E-state index is 12.1. The predicted molar refractivity (Wildman–Crippen MR) is 67.8 cm³/mol. The first-order valence-electron chi connectivity index (χ1n) is 6.15. The molecule has 0 spiro atoms. The summed E-state index contributed by atoms with van der Waals surface area (Å²) in [7, 11) is 0. The third kappa shape index (κ3) is 4.21. The van der Waals surface area contributed by atoms with Gasteiger partial charge in [-0.05, 0) is 38.5 Å². The van der Waals surface area contributed by atoms with Gasteiger partial charge < -0.3 is 9.47 Å². The second kappa shape index (κ2) is 6.15. The number of hydrogen-bond acceptors (Lipinski definition) is 4. The van der Waals surface area contributed by atoms with Crippen molar-refractivity contribution >= 4 is 11.9 Å². The minimum atomic E-state index is -5.08. The van der Waals surface area contributed by atoms with Gasteiger partial charge in [-0.3, -0.25) is 4.79 Å². The fourth-order valence-electron chi connectivity index (χ4n) is 1.54. The molecule has 4 nitrogen and oxygen atoms in total. The zero-order valence-electron chi connectivity index (χ0n) is 11.8. The number of carbonyl (C=O) groups is 2. The SMILES string of the molecule is CCOC(=O)C(C)(C)c1cccc(OC(=O)C(F)(F)F)c1. The van der Waals surface area contributed by atoms with Gasteiger partial charge in [-0.15, -0.1) is 0 Å². The summed E-state index contributed by atoms with van der Waals surface area (Å²) >= 11 is 0. The predicted octanol–water partition coefficient (Wildman–Crippen LogP) is 3.00. The van der Waals surface area contributed by atoms with Crippen molar-refractivity contribution in [1.82, 2.24) is 0 Å². The van der Waals surface area contributed by atoms with Crippen LogP contribution in [-0.2, 0) is 19.7 Å². The van der Waals surface area contributed by atoms with Crippen LogP contribution in [0.5, 0.6) is 5.75 Å². The Labute approximate surface area is 119 Å². The Hall–Kier alpha value is -2.05. The van der Waals surface area contributed by atoms with E-state index in [0.717, 1.165) is 0 Å². The Morgan fingerprint density at radius 2 is 1.76 bits per heavy atom. The molecule has 0 heterocycles. The molecule has 0 saturated carbocycles. The van der Waals surface area contributed by atoms with E-state index in [1.807, 2.05) is 0 Å². The number of rotatable bonds is 4. The molecule has 0 aliphatic carbocycles. The topological polar surface area (TPSA) is 52.6 Å². The molecule has 7 heteroatoms. The Morgan fingerprint density at radius 3 is 2.29 bits per heavy atom. The number of ether oxygens (including phenoxy) is 2. The zero-order chi connectivity index (χ0) is 16.3. The molecule has 0 aliphatic heterocycles. The molecule has 0 unspecified atom stereocenters. The average molecular weight is 304 g/mol. The van der Waals surface area contributed by atoms with Gasteiger partial charge in [0.1, 0.15) is 5.75 Å². The van der Waals surface area contributed by atoms with Crippen molar-refractivity contribution in [2.75, 3.05) is 6.61 Å². The summed E-state index contributed by atoms with van der Waals surface area (Å²) in [6.07, 6.45) is -5.08. The molecule has 0 atom stereocenters. The quantitative estimate of drug-likeness (QED) is 0.634. The van der Waals surface area contributed by atoms with Crippen LogP contribution in [0.15, 0.2) is 24.3 Å². The Kier molecular flexibility index (Phi) is 4.98. The second-order valence-electron chi connectivity index (χ2n) is 4.76. The summed E-state index contributed by atoms with van der Waals surface area (Å²) in [4.78, 5) is 22.6. The summed E-state index contributed by atoms with van der Waals surface area (Å²) in [5.41, 5.74) is -0.690. The van der Waals surface area contributed by atoms with Gasteiger partial charge in [-0.1, -0.05) is 12.1 Å². The maximum Gasteiger partial charge on any atom is 0.491 e. The lowest BCUT2D eigenvalue weighted by Crippen LogP contribution is -2.31. The highest BCUT2D eigenvalue weighted by Gasteiger charge is 2.41. The van der Waals surface area contributed by atoms with E-state index in [1.165, 1.54) is 18.2 Å². The van der Waals surface area contributed by atoms with Gasteiger partial charge in [0.2, 0.25) is 0 Å². The second-order valence-corrected chi connectivity index (χ2v) is 4.76. The summed E-state index contributed by atoms with van der Waals surface area (Å²) in [5.74, 6) is -3.12. The molecule has 0 saturated heterocycles. The van der Waals surface area contributed by atoms with E-state index in [-0.39, 0.29) is 12.4 Å². The fraction of sp³-hybridized carbons (Fsp3) is 0.429. The molecule has 0 radical (unpaired) electrons. The van der Waals surface area contributed by atoms with Gasteiger partial charge in [0.15, 0.2) is 0 Å². The van der Waals surface area contributed by atoms with Gasteiger partial charge in [0.05, 0.1) is 12.0 Å². The number of esters is 2. The van der Waals surface area contributed by atoms with Gasteiger partial charge in [-0.2, -0.15) is 13.2 Å². The number of alkyl halides is 3. The van der Waals surface area contributed by atoms with Crippen LogP contribution in [0, 0.1) is 0 Å². The molecule has 0 aliphatic rings. The van der Waals surface area contributed by atoms with Crippen molar-refractivity contribution in [3.05, 3.63) is 29.8 Å². The first kappa shape index (κ1) is 17.0. The summed E-state index contributed by atoms with van der Waals surface area (Å²) < 4.78 is 45.6. The van der Waals surface area contributed by atoms with Crippen molar-refractivity contribution in [2.45, 2.75) is 32.4 Å². The van der Waals surface area contributed by atoms with E-state index in [9.17, 15) is 22.8 Å². The summed E-state index contributed by atoms with van der Waals surface area (Å²) in [5, 5.41) is 0. The lowest BCUT2D eigenvalue weighted by atomic mass is 9.84. The highest BCUT2D eigenvalue weighted by atomic mass is 19.4. The zero-order valence-corrected chi connectivity index (χ0v) is 11.8. The molecule has 0 amide bonds.